The van der Waals surface area contributed by atoms with E-state index < -0.39 is 0 Å². The molecule has 0 bridgehead atoms. The van der Waals surface area contributed by atoms with Crippen LogP contribution in [0.5, 0.6) is 0 Å². The van der Waals surface area contributed by atoms with Crippen LogP contribution in [0, 0.1) is 11.2 Å². The third-order valence-corrected chi connectivity index (χ3v) is 4.10. The average Bonchev–Trinajstić information content (AvgIpc) is 3.03. The number of benzene rings is 1. The molecule has 0 amide bonds. The van der Waals surface area contributed by atoms with Crippen molar-refractivity contribution in [1.82, 2.24) is 5.32 Å². The average molecular weight is 300 g/mol. The molecule has 1 unspecified atom stereocenters. The van der Waals surface area contributed by atoms with Gasteiger partial charge in [-0.3, -0.25) is 0 Å². The molecule has 17 heavy (non-hydrogen) atoms. The quantitative estimate of drug-likeness (QED) is 0.848. The van der Waals surface area contributed by atoms with Crippen LogP contribution >= 0.6 is 15.9 Å². The largest absolute Gasteiger partial charge is 0.309 e. The van der Waals surface area contributed by atoms with Crippen LogP contribution in [0.25, 0.3) is 0 Å². The number of halogens is 2. The third kappa shape index (κ3) is 2.89. The van der Waals surface area contributed by atoms with Crippen molar-refractivity contribution in [2.75, 3.05) is 6.54 Å². The Labute approximate surface area is 111 Å². The lowest BCUT2D eigenvalue weighted by Crippen LogP contribution is -2.29. The van der Waals surface area contributed by atoms with Crippen LogP contribution in [0.15, 0.2) is 22.7 Å². The first kappa shape index (κ1) is 13.0. The molecule has 0 heterocycles. The van der Waals surface area contributed by atoms with E-state index in [4.69, 9.17) is 0 Å². The van der Waals surface area contributed by atoms with Crippen LogP contribution in [-0.2, 0) is 0 Å². The van der Waals surface area contributed by atoms with Gasteiger partial charge in [0.1, 0.15) is 5.82 Å². The second kappa shape index (κ2) is 5.07. The summed E-state index contributed by atoms with van der Waals surface area (Å²) in [5.74, 6) is -0.102. The van der Waals surface area contributed by atoms with Crippen LogP contribution in [0.3, 0.4) is 0 Å². The second-order valence-corrected chi connectivity index (χ2v) is 6.12. The van der Waals surface area contributed by atoms with Gasteiger partial charge in [0.15, 0.2) is 0 Å². The lowest BCUT2D eigenvalue weighted by atomic mass is 9.91. The number of nitrogens with one attached hydrogen (secondary N) is 1. The minimum atomic E-state index is -0.102. The van der Waals surface area contributed by atoms with Gasteiger partial charge in [0.05, 0.1) is 0 Å². The molecule has 1 N–H and O–H groups in total. The van der Waals surface area contributed by atoms with Gasteiger partial charge in [0.2, 0.25) is 0 Å². The van der Waals surface area contributed by atoms with Crippen molar-refractivity contribution < 1.29 is 4.39 Å². The van der Waals surface area contributed by atoms with Gasteiger partial charge in [-0.05, 0) is 49.4 Å². The highest BCUT2D eigenvalue weighted by molar-refractivity contribution is 9.10. The SMILES string of the molecule is CCCNC(c1cc(Br)ccc1F)C1(C)CC1. The molecule has 2 rings (SSSR count). The Hall–Kier alpha value is -0.410. The molecule has 0 aliphatic heterocycles. The molecule has 0 radical (unpaired) electrons. The van der Waals surface area contributed by atoms with Crippen LogP contribution < -0.4 is 5.32 Å². The highest BCUT2D eigenvalue weighted by atomic mass is 79.9. The van der Waals surface area contributed by atoms with Gasteiger partial charge in [0.25, 0.3) is 0 Å². The van der Waals surface area contributed by atoms with E-state index in [2.05, 4.69) is 35.1 Å². The lowest BCUT2D eigenvalue weighted by Gasteiger charge is -2.26. The molecule has 0 spiro atoms. The molecule has 94 valence electrons. The Balaban J connectivity index is 2.28. The fourth-order valence-electron chi connectivity index (χ4n) is 2.24. The fourth-order valence-corrected chi connectivity index (χ4v) is 2.62. The molecular weight excluding hydrogens is 281 g/mol. The molecule has 1 fully saturated rings. The minimum absolute atomic E-state index is 0.102. The van der Waals surface area contributed by atoms with Crippen molar-refractivity contribution in [3.05, 3.63) is 34.1 Å². The Kier molecular flexibility index (Phi) is 3.88. The maximum atomic E-state index is 13.9. The van der Waals surface area contributed by atoms with Gasteiger partial charge in [-0.2, -0.15) is 0 Å². The minimum Gasteiger partial charge on any atom is -0.309 e. The first-order valence-corrected chi connectivity index (χ1v) is 7.04. The summed E-state index contributed by atoms with van der Waals surface area (Å²) in [4.78, 5) is 0. The maximum absolute atomic E-state index is 13.9. The first-order chi connectivity index (χ1) is 8.07. The van der Waals surface area contributed by atoms with E-state index in [0.29, 0.717) is 0 Å². The van der Waals surface area contributed by atoms with Gasteiger partial charge in [-0.1, -0.05) is 29.8 Å². The van der Waals surface area contributed by atoms with Crippen molar-refractivity contribution in [1.29, 1.82) is 0 Å². The lowest BCUT2D eigenvalue weighted by molar-refractivity contribution is 0.355. The zero-order valence-electron chi connectivity index (χ0n) is 10.4. The summed E-state index contributed by atoms with van der Waals surface area (Å²) >= 11 is 3.43. The van der Waals surface area contributed by atoms with Gasteiger partial charge in [0, 0.05) is 16.1 Å². The number of rotatable bonds is 5. The van der Waals surface area contributed by atoms with E-state index in [1.807, 2.05) is 6.07 Å². The number of hydrogen-bond acceptors (Lipinski definition) is 1. The fraction of sp³-hybridized carbons (Fsp3) is 0.571. The highest BCUT2D eigenvalue weighted by Crippen LogP contribution is 2.54. The topological polar surface area (TPSA) is 12.0 Å². The van der Waals surface area contributed by atoms with E-state index in [9.17, 15) is 4.39 Å². The summed E-state index contributed by atoms with van der Waals surface area (Å²) in [6.07, 6.45) is 3.43. The summed E-state index contributed by atoms with van der Waals surface area (Å²) < 4.78 is 14.9. The zero-order valence-corrected chi connectivity index (χ0v) is 12.0. The Morgan fingerprint density at radius 2 is 2.18 bits per heavy atom. The van der Waals surface area contributed by atoms with Crippen molar-refractivity contribution in [3.63, 3.8) is 0 Å². The highest BCUT2D eigenvalue weighted by Gasteiger charge is 2.46. The third-order valence-electron chi connectivity index (χ3n) is 3.60. The summed E-state index contributed by atoms with van der Waals surface area (Å²) in [5.41, 5.74) is 1.03. The summed E-state index contributed by atoms with van der Waals surface area (Å²) in [5, 5.41) is 3.50. The molecule has 1 atom stereocenters. The van der Waals surface area contributed by atoms with Crippen molar-refractivity contribution in [3.8, 4) is 0 Å². The van der Waals surface area contributed by atoms with E-state index in [-0.39, 0.29) is 17.3 Å². The Morgan fingerprint density at radius 3 is 2.76 bits per heavy atom. The first-order valence-electron chi connectivity index (χ1n) is 6.25. The van der Waals surface area contributed by atoms with E-state index >= 15 is 0 Å². The van der Waals surface area contributed by atoms with Gasteiger partial charge in [-0.15, -0.1) is 0 Å². The molecule has 1 saturated carbocycles. The molecule has 0 aromatic heterocycles. The zero-order chi connectivity index (χ0) is 12.5. The monoisotopic (exact) mass is 299 g/mol. The smallest absolute Gasteiger partial charge is 0.128 e. The Morgan fingerprint density at radius 1 is 1.47 bits per heavy atom. The Bertz CT molecular complexity index is 401. The van der Waals surface area contributed by atoms with Crippen LogP contribution in [0.4, 0.5) is 4.39 Å². The van der Waals surface area contributed by atoms with E-state index in [1.165, 1.54) is 12.8 Å². The molecule has 1 aliphatic carbocycles. The molecule has 1 aromatic carbocycles. The summed E-state index contributed by atoms with van der Waals surface area (Å²) in [6, 6.07) is 5.35. The van der Waals surface area contributed by atoms with Gasteiger partial charge in [-0.25, -0.2) is 4.39 Å². The van der Waals surface area contributed by atoms with Crippen LogP contribution in [0.1, 0.15) is 44.7 Å². The summed E-state index contributed by atoms with van der Waals surface area (Å²) in [7, 11) is 0. The van der Waals surface area contributed by atoms with Crippen LogP contribution in [-0.4, -0.2) is 6.54 Å². The van der Waals surface area contributed by atoms with Gasteiger partial charge >= 0.3 is 0 Å². The standard InChI is InChI=1S/C14H19BrFN/c1-3-8-17-13(14(2)6-7-14)11-9-10(15)4-5-12(11)16/h4-5,9,13,17H,3,6-8H2,1-2H3. The van der Waals surface area contributed by atoms with E-state index in [0.717, 1.165) is 23.0 Å². The molecule has 1 nitrogen and oxygen atoms in total. The van der Waals surface area contributed by atoms with Crippen molar-refractivity contribution in [2.45, 2.75) is 39.2 Å². The predicted molar refractivity (Wildman–Crippen MR) is 72.5 cm³/mol. The van der Waals surface area contributed by atoms with Crippen molar-refractivity contribution >= 4 is 15.9 Å². The molecule has 3 heteroatoms. The molecule has 1 aromatic rings. The van der Waals surface area contributed by atoms with E-state index in [1.54, 1.807) is 12.1 Å². The maximum Gasteiger partial charge on any atom is 0.128 e. The summed E-state index contributed by atoms with van der Waals surface area (Å²) in [6.45, 7) is 5.31. The van der Waals surface area contributed by atoms with Crippen molar-refractivity contribution in [2.24, 2.45) is 5.41 Å². The molecule has 0 saturated heterocycles. The van der Waals surface area contributed by atoms with Gasteiger partial charge < -0.3 is 5.32 Å². The predicted octanol–water partition coefficient (Wildman–Crippen LogP) is 4.43. The normalized spacial score (nSPS) is 19.1. The van der Waals surface area contributed by atoms with Crippen LogP contribution in [0.2, 0.25) is 0 Å². The number of hydrogen-bond donors (Lipinski definition) is 1. The molecule has 1 aliphatic rings. The second-order valence-electron chi connectivity index (χ2n) is 5.21. The molecular formula is C14H19BrFN.